The van der Waals surface area contributed by atoms with Crippen molar-refractivity contribution < 1.29 is 0 Å². The zero-order valence-electron chi connectivity index (χ0n) is 7.85. The Morgan fingerprint density at radius 1 is 1.46 bits per heavy atom. The topological polar surface area (TPSA) is 34.0 Å². The summed E-state index contributed by atoms with van der Waals surface area (Å²) >= 11 is 0. The van der Waals surface area contributed by atoms with Crippen molar-refractivity contribution in [3.63, 3.8) is 0 Å². The highest BCUT2D eigenvalue weighted by molar-refractivity contribution is 4.93. The maximum absolute atomic E-state index is 4.20. The van der Waals surface area contributed by atoms with Gasteiger partial charge in [0.15, 0.2) is 0 Å². The molecule has 2 rings (SSSR count). The normalized spacial score (nSPS) is 17.9. The number of hydrogen-bond donors (Lipinski definition) is 0. The third kappa shape index (κ3) is 1.95. The van der Waals surface area contributed by atoms with Crippen LogP contribution in [0.3, 0.4) is 0 Å². The van der Waals surface area contributed by atoms with Crippen molar-refractivity contribution in [3.8, 4) is 0 Å². The van der Waals surface area contributed by atoms with E-state index in [1.807, 2.05) is 11.7 Å². The lowest BCUT2D eigenvalue weighted by Crippen LogP contribution is -2.28. The average molecular weight is 178 g/mol. The predicted molar refractivity (Wildman–Crippen MR) is 50.0 cm³/mol. The third-order valence-corrected chi connectivity index (χ3v) is 2.31. The molecule has 0 saturated heterocycles. The number of aryl methyl sites for hydroxylation is 1. The maximum Gasteiger partial charge on any atom is 0.140 e. The average Bonchev–Trinajstić information content (AvgIpc) is 2.54. The van der Waals surface area contributed by atoms with Gasteiger partial charge in [-0.05, 0) is 6.42 Å². The van der Waals surface area contributed by atoms with E-state index in [0.29, 0.717) is 0 Å². The van der Waals surface area contributed by atoms with Crippen LogP contribution in [0, 0.1) is 0 Å². The predicted octanol–water partition coefficient (Wildman–Crippen LogP) is 0.577. The zero-order chi connectivity index (χ0) is 9.10. The Morgan fingerprint density at radius 2 is 2.38 bits per heavy atom. The number of nitrogens with zero attached hydrogens (tertiary/aromatic N) is 4. The second kappa shape index (κ2) is 3.70. The Bertz CT molecular complexity index is 302. The van der Waals surface area contributed by atoms with E-state index in [1.54, 1.807) is 6.33 Å². The van der Waals surface area contributed by atoms with Crippen molar-refractivity contribution >= 4 is 0 Å². The highest BCUT2D eigenvalue weighted by Crippen LogP contribution is 2.05. The van der Waals surface area contributed by atoms with Crippen LogP contribution < -0.4 is 0 Å². The highest BCUT2D eigenvalue weighted by atomic mass is 15.3. The van der Waals surface area contributed by atoms with Crippen LogP contribution in [-0.2, 0) is 13.6 Å². The third-order valence-electron chi connectivity index (χ3n) is 2.31. The molecule has 0 aliphatic carbocycles. The van der Waals surface area contributed by atoms with Gasteiger partial charge in [-0.2, -0.15) is 5.10 Å². The van der Waals surface area contributed by atoms with Crippen LogP contribution in [0.5, 0.6) is 0 Å². The lowest BCUT2D eigenvalue weighted by molar-refractivity contribution is 0.279. The molecule has 13 heavy (non-hydrogen) atoms. The molecular weight excluding hydrogens is 164 g/mol. The summed E-state index contributed by atoms with van der Waals surface area (Å²) in [5, 5.41) is 4.04. The molecule has 1 aliphatic heterocycles. The Morgan fingerprint density at radius 3 is 3.00 bits per heavy atom. The van der Waals surface area contributed by atoms with Gasteiger partial charge >= 0.3 is 0 Å². The molecule has 0 N–H and O–H groups in total. The molecule has 1 aromatic rings. The van der Waals surface area contributed by atoms with Crippen molar-refractivity contribution in [2.24, 2.45) is 7.05 Å². The molecule has 1 aliphatic rings. The van der Waals surface area contributed by atoms with Crippen LogP contribution in [0.25, 0.3) is 0 Å². The molecule has 4 heteroatoms. The molecule has 70 valence electrons. The molecule has 0 unspecified atom stereocenters. The minimum absolute atomic E-state index is 0.904. The Hall–Kier alpha value is -1.16. The largest absolute Gasteiger partial charge is 0.292 e. The lowest BCUT2D eigenvalue weighted by atomic mass is 10.2. The van der Waals surface area contributed by atoms with Crippen LogP contribution in [0.1, 0.15) is 12.2 Å². The quantitative estimate of drug-likeness (QED) is 0.621. The molecule has 0 radical (unpaired) electrons. The van der Waals surface area contributed by atoms with Gasteiger partial charge in [0.25, 0.3) is 0 Å². The zero-order valence-corrected chi connectivity index (χ0v) is 7.85. The summed E-state index contributed by atoms with van der Waals surface area (Å²) in [6.45, 7) is 3.07. The molecule has 4 nitrogen and oxygen atoms in total. The van der Waals surface area contributed by atoms with Crippen molar-refractivity contribution in [3.05, 3.63) is 24.3 Å². The first-order chi connectivity index (χ1) is 6.36. The van der Waals surface area contributed by atoms with Gasteiger partial charge in [-0.3, -0.25) is 9.58 Å². The molecule has 0 spiro atoms. The monoisotopic (exact) mass is 178 g/mol. The lowest BCUT2D eigenvalue weighted by Gasteiger charge is -2.21. The molecule has 0 bridgehead atoms. The second-order valence-corrected chi connectivity index (χ2v) is 3.30. The van der Waals surface area contributed by atoms with Crippen LogP contribution in [0.2, 0.25) is 0 Å². The molecule has 0 atom stereocenters. The van der Waals surface area contributed by atoms with Crippen LogP contribution in [-0.4, -0.2) is 32.8 Å². The van der Waals surface area contributed by atoms with E-state index < -0.39 is 0 Å². The minimum Gasteiger partial charge on any atom is -0.292 e. The van der Waals surface area contributed by atoms with E-state index in [0.717, 1.165) is 31.9 Å². The fourth-order valence-electron chi connectivity index (χ4n) is 1.50. The van der Waals surface area contributed by atoms with E-state index >= 15 is 0 Å². The second-order valence-electron chi connectivity index (χ2n) is 3.30. The summed E-state index contributed by atoms with van der Waals surface area (Å²) in [6, 6.07) is 0. The summed E-state index contributed by atoms with van der Waals surface area (Å²) in [4.78, 5) is 6.56. The van der Waals surface area contributed by atoms with Gasteiger partial charge in [0.1, 0.15) is 12.2 Å². The van der Waals surface area contributed by atoms with E-state index in [4.69, 9.17) is 0 Å². The van der Waals surface area contributed by atoms with Crippen LogP contribution >= 0.6 is 0 Å². The van der Waals surface area contributed by atoms with Gasteiger partial charge in [-0.1, -0.05) is 12.2 Å². The minimum atomic E-state index is 0.904. The molecule has 0 saturated carbocycles. The molecule has 1 aromatic heterocycles. The van der Waals surface area contributed by atoms with Crippen molar-refractivity contribution in [1.29, 1.82) is 0 Å². The van der Waals surface area contributed by atoms with Gasteiger partial charge < -0.3 is 0 Å². The van der Waals surface area contributed by atoms with Crippen molar-refractivity contribution in [2.75, 3.05) is 13.1 Å². The number of rotatable bonds is 2. The van der Waals surface area contributed by atoms with Gasteiger partial charge in [-0.25, -0.2) is 4.98 Å². The molecule has 0 aromatic carbocycles. The Balaban J connectivity index is 1.98. The first kappa shape index (κ1) is 8.44. The van der Waals surface area contributed by atoms with Crippen LogP contribution in [0.4, 0.5) is 0 Å². The standard InChI is InChI=1S/C9H14N4/c1-12-9(10-8-11-12)7-13-5-3-2-4-6-13/h2-3,8H,4-7H2,1H3. The van der Waals surface area contributed by atoms with Gasteiger partial charge in [0.2, 0.25) is 0 Å². The first-order valence-electron chi connectivity index (χ1n) is 4.56. The summed E-state index contributed by atoms with van der Waals surface area (Å²) in [6.07, 6.45) is 7.19. The summed E-state index contributed by atoms with van der Waals surface area (Å²) in [5.41, 5.74) is 0. The molecular formula is C9H14N4. The molecule has 2 heterocycles. The fourth-order valence-corrected chi connectivity index (χ4v) is 1.50. The highest BCUT2D eigenvalue weighted by Gasteiger charge is 2.09. The van der Waals surface area contributed by atoms with E-state index in [2.05, 4.69) is 27.1 Å². The maximum atomic E-state index is 4.20. The van der Waals surface area contributed by atoms with Crippen molar-refractivity contribution in [1.82, 2.24) is 19.7 Å². The van der Waals surface area contributed by atoms with E-state index in [-0.39, 0.29) is 0 Å². The summed E-state index contributed by atoms with van der Waals surface area (Å²) < 4.78 is 1.83. The summed E-state index contributed by atoms with van der Waals surface area (Å²) in [5.74, 6) is 1.04. The molecule has 0 amide bonds. The van der Waals surface area contributed by atoms with Crippen LogP contribution in [0.15, 0.2) is 18.5 Å². The van der Waals surface area contributed by atoms with E-state index in [9.17, 15) is 0 Å². The van der Waals surface area contributed by atoms with Crippen molar-refractivity contribution in [2.45, 2.75) is 13.0 Å². The van der Waals surface area contributed by atoms with Gasteiger partial charge in [-0.15, -0.1) is 0 Å². The number of aromatic nitrogens is 3. The SMILES string of the molecule is Cn1ncnc1CN1CC=CCC1. The fraction of sp³-hybridized carbons (Fsp3) is 0.556. The first-order valence-corrected chi connectivity index (χ1v) is 4.56. The van der Waals surface area contributed by atoms with Gasteiger partial charge in [0, 0.05) is 20.1 Å². The summed E-state index contributed by atoms with van der Waals surface area (Å²) in [7, 11) is 1.93. The smallest absolute Gasteiger partial charge is 0.140 e. The van der Waals surface area contributed by atoms with E-state index in [1.165, 1.54) is 0 Å². The molecule has 0 fully saturated rings. The number of hydrogen-bond acceptors (Lipinski definition) is 3. The Labute approximate surface area is 77.9 Å². The van der Waals surface area contributed by atoms with Gasteiger partial charge in [0.05, 0.1) is 6.54 Å². The Kier molecular flexibility index (Phi) is 2.40.